The molecule has 176 valence electrons. The van der Waals surface area contributed by atoms with Crippen LogP contribution >= 0.6 is 0 Å². The molecule has 31 heavy (non-hydrogen) atoms. The van der Waals surface area contributed by atoms with E-state index >= 15 is 0 Å². The number of carbonyl (C=O) groups is 2. The number of esters is 2. The molecule has 4 rings (SSSR count). The summed E-state index contributed by atoms with van der Waals surface area (Å²) in [4.78, 5) is 25.7. The second-order valence-electron chi connectivity index (χ2n) is 11.4. The highest BCUT2D eigenvalue weighted by Gasteiger charge is 2.60. The summed E-state index contributed by atoms with van der Waals surface area (Å²) in [7, 11) is 0. The summed E-state index contributed by atoms with van der Waals surface area (Å²) in [6.45, 7) is 8.53. The summed E-state index contributed by atoms with van der Waals surface area (Å²) in [6, 6.07) is 0. The number of hydrogen-bond acceptors (Lipinski definition) is 5. The molecule has 0 radical (unpaired) electrons. The fourth-order valence-electron chi connectivity index (χ4n) is 8.56. The second-order valence-corrected chi connectivity index (χ2v) is 11.4. The normalized spacial score (nSPS) is 44.2. The van der Waals surface area contributed by atoms with Crippen LogP contribution in [-0.4, -0.2) is 35.9 Å². The van der Waals surface area contributed by atoms with Crippen molar-refractivity contribution in [1.29, 1.82) is 0 Å². The number of hydrogen-bond donors (Lipinski definition) is 1. The van der Waals surface area contributed by atoms with Gasteiger partial charge >= 0.3 is 11.9 Å². The lowest BCUT2D eigenvalue weighted by Crippen LogP contribution is -2.52. The lowest BCUT2D eigenvalue weighted by Gasteiger charge is -2.57. The van der Waals surface area contributed by atoms with Crippen LogP contribution in [0.2, 0.25) is 0 Å². The average Bonchev–Trinajstić information content (AvgIpc) is 3.04. The van der Waals surface area contributed by atoms with E-state index in [4.69, 9.17) is 9.47 Å². The summed E-state index contributed by atoms with van der Waals surface area (Å²) in [6.07, 6.45) is 9.78. The molecule has 5 heteroatoms. The number of fused-ring (bicyclic) bond motifs is 5. The molecule has 0 spiro atoms. The van der Waals surface area contributed by atoms with Crippen LogP contribution in [0.15, 0.2) is 0 Å². The van der Waals surface area contributed by atoms with Crippen molar-refractivity contribution >= 4 is 11.9 Å². The minimum Gasteiger partial charge on any atom is -0.465 e. The maximum atomic E-state index is 12.8. The SMILES string of the molecule is CCOC(=O)C(C(=O)OCC)[C@H]1CC[C@H]2C3CC[C@@H]4C[C@](C)(O)CCC4[C@H]3CC[C@]12C. The monoisotopic (exact) mass is 434 g/mol. The molecule has 8 atom stereocenters. The maximum Gasteiger partial charge on any atom is 0.320 e. The van der Waals surface area contributed by atoms with Gasteiger partial charge in [0, 0.05) is 0 Å². The third-order valence-corrected chi connectivity index (χ3v) is 9.79. The van der Waals surface area contributed by atoms with E-state index in [2.05, 4.69) is 6.92 Å². The molecule has 0 heterocycles. The molecule has 4 aliphatic rings. The van der Waals surface area contributed by atoms with Crippen molar-refractivity contribution in [2.45, 2.75) is 91.1 Å². The number of rotatable bonds is 5. The lowest BCUT2D eigenvalue weighted by atomic mass is 9.48. The molecular weight excluding hydrogens is 392 g/mol. The predicted molar refractivity (Wildman–Crippen MR) is 118 cm³/mol. The molecule has 4 fully saturated rings. The molecule has 0 aromatic heterocycles. The minimum atomic E-state index is -0.785. The third-order valence-electron chi connectivity index (χ3n) is 9.79. The van der Waals surface area contributed by atoms with Gasteiger partial charge in [0.25, 0.3) is 0 Å². The van der Waals surface area contributed by atoms with Crippen molar-refractivity contribution < 1.29 is 24.2 Å². The van der Waals surface area contributed by atoms with Crippen molar-refractivity contribution in [2.75, 3.05) is 13.2 Å². The van der Waals surface area contributed by atoms with Crippen LogP contribution in [-0.2, 0) is 19.1 Å². The average molecular weight is 435 g/mol. The first-order chi connectivity index (χ1) is 14.7. The Hall–Kier alpha value is -1.10. The number of aliphatic hydroxyl groups is 1. The van der Waals surface area contributed by atoms with Crippen LogP contribution < -0.4 is 0 Å². The van der Waals surface area contributed by atoms with Crippen LogP contribution in [0.1, 0.15) is 85.5 Å². The molecule has 0 aliphatic heterocycles. The van der Waals surface area contributed by atoms with Gasteiger partial charge in [-0.25, -0.2) is 0 Å². The van der Waals surface area contributed by atoms with Gasteiger partial charge < -0.3 is 14.6 Å². The van der Waals surface area contributed by atoms with Crippen LogP contribution in [0.3, 0.4) is 0 Å². The van der Waals surface area contributed by atoms with Crippen molar-refractivity contribution in [3.8, 4) is 0 Å². The quantitative estimate of drug-likeness (QED) is 0.499. The van der Waals surface area contributed by atoms with E-state index in [9.17, 15) is 14.7 Å². The van der Waals surface area contributed by atoms with E-state index in [1.165, 1.54) is 19.3 Å². The second kappa shape index (κ2) is 8.68. The molecule has 0 bridgehead atoms. The van der Waals surface area contributed by atoms with Gasteiger partial charge in [-0.1, -0.05) is 6.92 Å². The number of carbonyl (C=O) groups excluding carboxylic acids is 2. The summed E-state index contributed by atoms with van der Waals surface area (Å²) < 4.78 is 10.7. The van der Waals surface area contributed by atoms with Gasteiger partial charge in [-0.3, -0.25) is 9.59 Å². The van der Waals surface area contributed by atoms with Gasteiger partial charge in [-0.15, -0.1) is 0 Å². The van der Waals surface area contributed by atoms with Gasteiger partial charge in [0.05, 0.1) is 18.8 Å². The smallest absolute Gasteiger partial charge is 0.320 e. The summed E-state index contributed by atoms with van der Waals surface area (Å²) in [5.41, 5.74) is -0.486. The van der Waals surface area contributed by atoms with Crippen LogP contribution in [0.5, 0.6) is 0 Å². The lowest BCUT2D eigenvalue weighted by molar-refractivity contribution is -0.169. The van der Waals surface area contributed by atoms with E-state index in [0.29, 0.717) is 31.0 Å². The van der Waals surface area contributed by atoms with E-state index in [0.717, 1.165) is 50.4 Å². The Bertz CT molecular complexity index is 669. The maximum absolute atomic E-state index is 12.8. The molecule has 4 saturated carbocycles. The highest BCUT2D eigenvalue weighted by molar-refractivity contribution is 5.95. The van der Waals surface area contributed by atoms with Gasteiger partial charge in [0.15, 0.2) is 5.92 Å². The summed E-state index contributed by atoms with van der Waals surface area (Å²) in [5, 5.41) is 10.6. The van der Waals surface area contributed by atoms with E-state index in [1.807, 2.05) is 6.92 Å². The van der Waals surface area contributed by atoms with Gasteiger partial charge in [0.1, 0.15) is 0 Å². The molecule has 0 aromatic carbocycles. The van der Waals surface area contributed by atoms with Crippen LogP contribution in [0, 0.1) is 46.8 Å². The minimum absolute atomic E-state index is 0.00163. The molecular formula is C26H42O5. The fraction of sp³-hybridized carbons (Fsp3) is 0.923. The fourth-order valence-corrected chi connectivity index (χ4v) is 8.56. The first-order valence-corrected chi connectivity index (χ1v) is 12.8. The van der Waals surface area contributed by atoms with Crippen molar-refractivity contribution in [1.82, 2.24) is 0 Å². The Kier molecular flexibility index (Phi) is 6.46. The van der Waals surface area contributed by atoms with Crippen LogP contribution in [0.4, 0.5) is 0 Å². The van der Waals surface area contributed by atoms with Crippen LogP contribution in [0.25, 0.3) is 0 Å². The summed E-state index contributed by atoms with van der Waals surface area (Å²) >= 11 is 0. The van der Waals surface area contributed by atoms with Crippen molar-refractivity contribution in [3.63, 3.8) is 0 Å². The van der Waals surface area contributed by atoms with Crippen molar-refractivity contribution in [3.05, 3.63) is 0 Å². The van der Waals surface area contributed by atoms with E-state index in [-0.39, 0.29) is 11.3 Å². The molecule has 0 saturated heterocycles. The predicted octanol–water partition coefficient (Wildman–Crippen LogP) is 4.75. The van der Waals surface area contributed by atoms with E-state index in [1.54, 1.807) is 13.8 Å². The standard InChI is InChI=1S/C26H42O5/c1-5-30-23(27)22(24(28)31-6-2)21-10-9-20-19-8-7-16-15-25(3,29)13-11-17(16)18(19)12-14-26(20,21)4/h16-22,29H,5-15H2,1-4H3/t16-,17?,18-,19?,20+,21-,25-,26+/m1/s1. The highest BCUT2D eigenvalue weighted by Crippen LogP contribution is 2.65. The zero-order chi connectivity index (χ0) is 22.4. The third kappa shape index (κ3) is 4.05. The number of ether oxygens (including phenoxy) is 2. The van der Waals surface area contributed by atoms with E-state index < -0.39 is 23.5 Å². The highest BCUT2D eigenvalue weighted by atomic mass is 16.6. The van der Waals surface area contributed by atoms with Gasteiger partial charge in [-0.05, 0) is 119 Å². The molecule has 0 amide bonds. The van der Waals surface area contributed by atoms with Gasteiger partial charge in [0.2, 0.25) is 0 Å². The molecule has 5 nitrogen and oxygen atoms in total. The Balaban J connectivity index is 1.55. The van der Waals surface area contributed by atoms with Crippen molar-refractivity contribution in [2.24, 2.45) is 46.8 Å². The van der Waals surface area contributed by atoms with Gasteiger partial charge in [-0.2, -0.15) is 0 Å². The Morgan fingerprint density at radius 2 is 1.52 bits per heavy atom. The zero-order valence-corrected chi connectivity index (χ0v) is 19.9. The zero-order valence-electron chi connectivity index (χ0n) is 19.9. The largest absolute Gasteiger partial charge is 0.465 e. The molecule has 0 aromatic rings. The molecule has 4 aliphatic carbocycles. The Labute approximate surface area is 187 Å². The molecule has 2 unspecified atom stereocenters. The molecule has 1 N–H and O–H groups in total. The first kappa shape index (κ1) is 23.1. The Morgan fingerprint density at radius 1 is 0.871 bits per heavy atom. The Morgan fingerprint density at radius 3 is 2.16 bits per heavy atom. The first-order valence-electron chi connectivity index (χ1n) is 12.8. The topological polar surface area (TPSA) is 72.8 Å². The summed E-state index contributed by atoms with van der Waals surface area (Å²) in [5.74, 6) is 1.86.